The van der Waals surface area contributed by atoms with Crippen molar-refractivity contribution in [2.45, 2.75) is 464 Å². The summed E-state index contributed by atoms with van der Waals surface area (Å²) in [6.07, 6.45) is 88.1. The number of carbonyl (C=O) groups is 1. The summed E-state index contributed by atoms with van der Waals surface area (Å²) in [5.74, 6) is 0. The topological polar surface area (TPSA) is 54.0 Å². The molecule has 0 radical (unpaired) electrons. The van der Waals surface area contributed by atoms with Gasteiger partial charge in [-0.3, -0.25) is 0 Å². The van der Waals surface area contributed by atoms with Crippen LogP contribution in [0.15, 0.2) is 0 Å². The molecule has 0 bridgehead atoms. The van der Waals surface area contributed by atoms with E-state index in [1.807, 2.05) is 0 Å². The maximum absolute atomic E-state index is 13.6. The quantitative estimate of drug-likeness (QED) is 0.0449. The lowest BCUT2D eigenvalue weighted by atomic mass is 10.0. The molecule has 0 rings (SSSR count). The van der Waals surface area contributed by atoms with Crippen LogP contribution in [0.2, 0.25) is 0 Å². The fourth-order valence-electron chi connectivity index (χ4n) is 12.4. The van der Waals surface area contributed by atoms with Gasteiger partial charge in [0.2, 0.25) is 0 Å². The van der Waals surface area contributed by atoms with E-state index in [2.05, 4.69) is 27.7 Å². The van der Waals surface area contributed by atoms with Crippen molar-refractivity contribution < 1.29 is 23.7 Å². The molecule has 492 valence electrons. The molecule has 0 aromatic rings. The zero-order valence-corrected chi connectivity index (χ0v) is 57.2. The van der Waals surface area contributed by atoms with Crippen LogP contribution in [-0.2, 0) is 18.9 Å². The Hall–Kier alpha value is -0.810. The van der Waals surface area contributed by atoms with Crippen molar-refractivity contribution >= 4 is 6.16 Å². The summed E-state index contributed by atoms with van der Waals surface area (Å²) in [5.41, 5.74) is 0. The van der Waals surface area contributed by atoms with Crippen LogP contribution in [0.3, 0.4) is 0 Å². The van der Waals surface area contributed by atoms with Crippen molar-refractivity contribution in [3.63, 3.8) is 0 Å². The van der Waals surface area contributed by atoms with Crippen LogP contribution in [0.1, 0.15) is 451 Å². The summed E-state index contributed by atoms with van der Waals surface area (Å²) in [5, 5.41) is 0. The first-order valence-electron chi connectivity index (χ1n) is 38.7. The molecule has 5 heteroatoms. The Morgan fingerprint density at radius 2 is 0.354 bits per heavy atom. The van der Waals surface area contributed by atoms with Crippen LogP contribution in [0, 0.1) is 0 Å². The van der Waals surface area contributed by atoms with Gasteiger partial charge >= 0.3 is 6.16 Å². The van der Waals surface area contributed by atoms with Gasteiger partial charge in [0.05, 0.1) is 13.2 Å². The van der Waals surface area contributed by atoms with Gasteiger partial charge in [0.15, 0.2) is 0 Å². The summed E-state index contributed by atoms with van der Waals surface area (Å²) in [7, 11) is 0. The number of carbonyl (C=O) groups excluding carboxylic acids is 1. The minimum atomic E-state index is -0.514. The third kappa shape index (κ3) is 70.0. The van der Waals surface area contributed by atoms with Crippen LogP contribution in [0.4, 0.5) is 4.79 Å². The molecule has 0 spiro atoms. The van der Waals surface area contributed by atoms with Gasteiger partial charge in [-0.2, -0.15) is 0 Å². The van der Waals surface area contributed by atoms with E-state index >= 15 is 0 Å². The van der Waals surface area contributed by atoms with Gasteiger partial charge in [0.1, 0.15) is 12.2 Å². The minimum Gasteiger partial charge on any atom is -0.429 e. The van der Waals surface area contributed by atoms with Crippen LogP contribution in [0.5, 0.6) is 0 Å². The fourth-order valence-corrected chi connectivity index (χ4v) is 12.4. The van der Waals surface area contributed by atoms with E-state index in [9.17, 15) is 4.79 Å². The van der Waals surface area contributed by atoms with Crippen LogP contribution < -0.4 is 0 Å². The van der Waals surface area contributed by atoms with E-state index in [0.717, 1.165) is 51.7 Å². The van der Waals surface area contributed by atoms with E-state index in [4.69, 9.17) is 18.9 Å². The van der Waals surface area contributed by atoms with Crippen molar-refractivity contribution in [3.05, 3.63) is 0 Å². The summed E-state index contributed by atoms with van der Waals surface area (Å²) in [6, 6.07) is 0. The number of rotatable bonds is 74. The Balaban J connectivity index is 4.91. The molecule has 0 amide bonds. The maximum atomic E-state index is 13.6. The second-order valence-electron chi connectivity index (χ2n) is 26.7. The monoisotopic (exact) mass is 1160 g/mol. The second kappa shape index (κ2) is 74.4. The van der Waals surface area contributed by atoms with Crippen molar-refractivity contribution in [1.82, 2.24) is 0 Å². The summed E-state index contributed by atoms with van der Waals surface area (Å²) < 4.78 is 24.9. The maximum Gasteiger partial charge on any atom is 0.508 e. The number of unbranched alkanes of at least 4 members (excludes halogenated alkanes) is 60. The first kappa shape index (κ1) is 81.2. The lowest BCUT2D eigenvalue weighted by molar-refractivity contribution is -0.0527. The Bertz CT molecular complexity index is 1040. The molecule has 0 aliphatic heterocycles. The van der Waals surface area contributed by atoms with E-state index in [-0.39, 0.29) is 12.2 Å². The highest BCUT2D eigenvalue weighted by Gasteiger charge is 2.21. The third-order valence-electron chi connectivity index (χ3n) is 18.2. The first-order valence-corrected chi connectivity index (χ1v) is 38.7. The standard InChI is InChI=1S/C77H154O5/c1-5-9-13-17-21-25-29-33-37-41-45-49-53-57-61-65-69-75(73-79-71-67-63-59-55-51-47-43-39-35-31-27-23-19-15-11-7-3)81-77(78)82-76(70-66-62-58-54-50-46-42-38-34-30-26-22-18-14-10-6-2)74-80-72-68-64-60-56-52-48-44-40-36-32-28-24-20-16-12-8-4/h75-76H,5-74H2,1-4H3. The van der Waals surface area contributed by atoms with Crippen LogP contribution in [-0.4, -0.2) is 44.8 Å². The molecule has 0 saturated carbocycles. The van der Waals surface area contributed by atoms with E-state index in [0.29, 0.717) is 13.2 Å². The highest BCUT2D eigenvalue weighted by atomic mass is 16.7. The van der Waals surface area contributed by atoms with Crippen molar-refractivity contribution in [2.75, 3.05) is 26.4 Å². The Labute approximate surface area is 517 Å². The van der Waals surface area contributed by atoms with Crippen molar-refractivity contribution in [1.29, 1.82) is 0 Å². The molecule has 5 nitrogen and oxygen atoms in total. The van der Waals surface area contributed by atoms with Gasteiger partial charge in [-0.15, -0.1) is 0 Å². The van der Waals surface area contributed by atoms with Crippen LogP contribution in [0.25, 0.3) is 0 Å². The fraction of sp³-hybridized carbons (Fsp3) is 0.987. The summed E-state index contributed by atoms with van der Waals surface area (Å²) in [4.78, 5) is 13.6. The molecule has 0 fully saturated rings. The first-order chi connectivity index (χ1) is 40.7. The normalized spacial score (nSPS) is 12.4. The highest BCUT2D eigenvalue weighted by molar-refractivity contribution is 5.60. The largest absolute Gasteiger partial charge is 0.508 e. The molecule has 2 unspecified atom stereocenters. The molecule has 2 atom stereocenters. The average molecular weight is 1160 g/mol. The number of hydrogen-bond donors (Lipinski definition) is 0. The number of hydrogen-bond acceptors (Lipinski definition) is 5. The second-order valence-corrected chi connectivity index (χ2v) is 26.7. The molecule has 0 N–H and O–H groups in total. The van der Waals surface area contributed by atoms with E-state index < -0.39 is 6.16 Å². The van der Waals surface area contributed by atoms with Crippen LogP contribution >= 0.6 is 0 Å². The smallest absolute Gasteiger partial charge is 0.429 e. The van der Waals surface area contributed by atoms with Gasteiger partial charge in [-0.05, 0) is 38.5 Å². The lowest BCUT2D eigenvalue weighted by Gasteiger charge is -2.22. The van der Waals surface area contributed by atoms with Crippen molar-refractivity contribution in [3.8, 4) is 0 Å². The Kier molecular flexibility index (Phi) is 73.7. The Morgan fingerprint density at radius 1 is 0.207 bits per heavy atom. The zero-order valence-electron chi connectivity index (χ0n) is 57.2. The molecular formula is C77H154O5. The molecule has 0 aliphatic carbocycles. The lowest BCUT2D eigenvalue weighted by Crippen LogP contribution is -2.29. The summed E-state index contributed by atoms with van der Waals surface area (Å²) >= 11 is 0. The highest BCUT2D eigenvalue weighted by Crippen LogP contribution is 2.21. The molecule has 0 aromatic heterocycles. The predicted octanol–water partition coefficient (Wildman–Crippen LogP) is 27.7. The molecule has 0 saturated heterocycles. The molecule has 0 aliphatic rings. The van der Waals surface area contributed by atoms with Gasteiger partial charge < -0.3 is 18.9 Å². The molecule has 82 heavy (non-hydrogen) atoms. The SMILES string of the molecule is CCCCCCCCCCCCCCCCCCOCC(CCCCCCCCCCCCCCCCCC)OC(=O)OC(CCCCCCCCCCCCCCCCCC)COCCCCCCCCCCCCCCCCCC. The van der Waals surface area contributed by atoms with E-state index in [1.54, 1.807) is 0 Å². The van der Waals surface area contributed by atoms with Crippen molar-refractivity contribution in [2.24, 2.45) is 0 Å². The van der Waals surface area contributed by atoms with Gasteiger partial charge in [-0.25, -0.2) is 4.79 Å². The average Bonchev–Trinajstić information content (AvgIpc) is 3.48. The molecular weight excluding hydrogens is 1000 g/mol. The zero-order chi connectivity index (χ0) is 59.1. The van der Waals surface area contributed by atoms with Gasteiger partial charge in [-0.1, -0.05) is 413 Å². The van der Waals surface area contributed by atoms with E-state index in [1.165, 1.54) is 385 Å². The summed E-state index contributed by atoms with van der Waals surface area (Å²) in [6.45, 7) is 11.7. The minimum absolute atomic E-state index is 0.248. The van der Waals surface area contributed by atoms with Gasteiger partial charge in [0.25, 0.3) is 0 Å². The third-order valence-corrected chi connectivity index (χ3v) is 18.2. The number of ether oxygens (including phenoxy) is 4. The molecule has 0 heterocycles. The van der Waals surface area contributed by atoms with Gasteiger partial charge in [0, 0.05) is 13.2 Å². The predicted molar refractivity (Wildman–Crippen MR) is 364 cm³/mol. The molecule has 0 aromatic carbocycles. The Morgan fingerprint density at radius 3 is 0.524 bits per heavy atom.